The smallest absolute Gasteiger partial charge is 0.259 e. The lowest BCUT2D eigenvalue weighted by Gasteiger charge is -2.19. The van der Waals surface area contributed by atoms with E-state index in [9.17, 15) is 4.79 Å². The molecule has 0 N–H and O–H groups in total. The Bertz CT molecular complexity index is 1220. The Morgan fingerprint density at radius 3 is 2.50 bits per heavy atom. The van der Waals surface area contributed by atoms with Crippen LogP contribution >= 0.6 is 34.2 Å². The SMILES string of the molecule is CCOc1cc(/C=C2\C(=O)N(CC(C)C)c3ccccc32)cc(I)c1OCc1ccc(Cl)cc1. The van der Waals surface area contributed by atoms with Crippen LogP contribution in [-0.4, -0.2) is 19.1 Å². The fraction of sp³-hybridized carbons (Fsp3) is 0.250. The van der Waals surface area contributed by atoms with Gasteiger partial charge in [-0.3, -0.25) is 4.79 Å². The molecule has 4 nitrogen and oxygen atoms in total. The Morgan fingerprint density at radius 2 is 1.79 bits per heavy atom. The predicted octanol–water partition coefficient (Wildman–Crippen LogP) is 7.47. The third-order valence-corrected chi connectivity index (χ3v) is 6.50. The van der Waals surface area contributed by atoms with Gasteiger partial charge < -0.3 is 14.4 Å². The van der Waals surface area contributed by atoms with Crippen molar-refractivity contribution in [2.45, 2.75) is 27.4 Å². The van der Waals surface area contributed by atoms with E-state index >= 15 is 0 Å². The number of carbonyl (C=O) groups is 1. The quantitative estimate of drug-likeness (QED) is 0.203. The van der Waals surface area contributed by atoms with E-state index in [1.807, 2.05) is 78.6 Å². The zero-order valence-electron chi connectivity index (χ0n) is 19.5. The number of halogens is 2. The lowest BCUT2D eigenvalue weighted by Crippen LogP contribution is -2.30. The summed E-state index contributed by atoms with van der Waals surface area (Å²) in [6.07, 6.45) is 1.95. The van der Waals surface area contributed by atoms with Crippen LogP contribution in [0.5, 0.6) is 11.5 Å². The number of hydrogen-bond acceptors (Lipinski definition) is 3. The second-order valence-corrected chi connectivity index (χ2v) is 10.2. The van der Waals surface area contributed by atoms with Gasteiger partial charge in [0.25, 0.3) is 5.91 Å². The maximum atomic E-state index is 13.3. The van der Waals surface area contributed by atoms with E-state index in [1.165, 1.54) is 0 Å². The maximum absolute atomic E-state index is 13.3. The van der Waals surface area contributed by atoms with E-state index in [-0.39, 0.29) is 5.91 Å². The van der Waals surface area contributed by atoms with E-state index in [0.29, 0.717) is 47.8 Å². The highest BCUT2D eigenvalue weighted by Crippen LogP contribution is 2.40. The first-order valence-corrected chi connectivity index (χ1v) is 12.8. The number of carbonyl (C=O) groups excluding carboxylic acids is 1. The minimum atomic E-state index is 0.0333. The molecule has 1 amide bonds. The summed E-state index contributed by atoms with van der Waals surface area (Å²) in [6, 6.07) is 19.5. The number of benzene rings is 3. The van der Waals surface area contributed by atoms with Gasteiger partial charge in [-0.15, -0.1) is 0 Å². The van der Waals surface area contributed by atoms with Crippen molar-refractivity contribution in [1.82, 2.24) is 0 Å². The van der Waals surface area contributed by atoms with Crippen molar-refractivity contribution in [1.29, 1.82) is 0 Å². The Balaban J connectivity index is 1.67. The molecule has 6 heteroatoms. The molecule has 0 radical (unpaired) electrons. The van der Waals surface area contributed by atoms with E-state index in [0.717, 1.165) is 25.9 Å². The Hall–Kier alpha value is -2.51. The van der Waals surface area contributed by atoms with Crippen molar-refractivity contribution in [2.75, 3.05) is 18.1 Å². The first-order valence-electron chi connectivity index (χ1n) is 11.3. The summed E-state index contributed by atoms with van der Waals surface area (Å²) >= 11 is 8.25. The summed E-state index contributed by atoms with van der Waals surface area (Å²) in [7, 11) is 0. The highest BCUT2D eigenvalue weighted by atomic mass is 127. The van der Waals surface area contributed by atoms with Crippen LogP contribution in [0, 0.1) is 9.49 Å². The molecule has 1 aliphatic rings. The Morgan fingerprint density at radius 1 is 1.06 bits per heavy atom. The monoisotopic (exact) mass is 587 g/mol. The fourth-order valence-electron chi connectivity index (χ4n) is 3.97. The molecule has 0 spiro atoms. The fourth-order valence-corrected chi connectivity index (χ4v) is 4.88. The topological polar surface area (TPSA) is 38.8 Å². The van der Waals surface area contributed by atoms with Crippen molar-refractivity contribution in [3.05, 3.63) is 85.9 Å². The number of anilines is 1. The number of nitrogens with zero attached hydrogens (tertiary/aromatic N) is 1. The lowest BCUT2D eigenvalue weighted by atomic mass is 10.0. The first kappa shape index (κ1) is 24.6. The van der Waals surface area contributed by atoms with Gasteiger partial charge >= 0.3 is 0 Å². The molecule has 0 aliphatic carbocycles. The van der Waals surface area contributed by atoms with Crippen LogP contribution < -0.4 is 14.4 Å². The minimum absolute atomic E-state index is 0.0333. The Labute approximate surface area is 219 Å². The molecule has 4 rings (SSSR count). The molecule has 3 aromatic carbocycles. The predicted molar refractivity (Wildman–Crippen MR) is 148 cm³/mol. The summed E-state index contributed by atoms with van der Waals surface area (Å²) in [5.74, 6) is 1.76. The zero-order chi connectivity index (χ0) is 24.2. The molecule has 176 valence electrons. The minimum Gasteiger partial charge on any atom is -0.490 e. The molecule has 0 aromatic heterocycles. The molecule has 34 heavy (non-hydrogen) atoms. The molecule has 1 aliphatic heterocycles. The van der Waals surface area contributed by atoms with Gasteiger partial charge in [0.2, 0.25) is 0 Å². The van der Waals surface area contributed by atoms with Crippen LogP contribution in [0.3, 0.4) is 0 Å². The second kappa shape index (κ2) is 10.8. The summed E-state index contributed by atoms with van der Waals surface area (Å²) < 4.78 is 13.0. The second-order valence-electron chi connectivity index (χ2n) is 8.56. The number of rotatable bonds is 8. The summed E-state index contributed by atoms with van der Waals surface area (Å²) in [5, 5.41) is 0.695. The van der Waals surface area contributed by atoms with Crippen LogP contribution in [-0.2, 0) is 11.4 Å². The maximum Gasteiger partial charge on any atom is 0.259 e. The molecule has 1 heterocycles. The summed E-state index contributed by atoms with van der Waals surface area (Å²) in [4.78, 5) is 15.2. The molecule has 3 aromatic rings. The van der Waals surface area contributed by atoms with Gasteiger partial charge in [-0.2, -0.15) is 0 Å². The molecule has 0 unspecified atom stereocenters. The van der Waals surface area contributed by atoms with Crippen LogP contribution in [0.25, 0.3) is 11.6 Å². The van der Waals surface area contributed by atoms with Crippen LogP contribution in [0.4, 0.5) is 5.69 Å². The first-order chi connectivity index (χ1) is 16.4. The van der Waals surface area contributed by atoms with Gasteiger partial charge in [-0.05, 0) is 83.0 Å². The van der Waals surface area contributed by atoms with Gasteiger partial charge in [0.15, 0.2) is 11.5 Å². The molecule has 0 atom stereocenters. The number of ether oxygens (including phenoxy) is 2. The van der Waals surface area contributed by atoms with Crippen molar-refractivity contribution < 1.29 is 14.3 Å². The highest BCUT2D eigenvalue weighted by Gasteiger charge is 2.32. The largest absolute Gasteiger partial charge is 0.490 e. The van der Waals surface area contributed by atoms with E-state index in [1.54, 1.807) is 0 Å². The average molecular weight is 588 g/mol. The summed E-state index contributed by atoms with van der Waals surface area (Å²) in [6.45, 7) is 7.79. The number of hydrogen-bond donors (Lipinski definition) is 0. The van der Waals surface area contributed by atoms with Crippen LogP contribution in [0.1, 0.15) is 37.5 Å². The van der Waals surface area contributed by atoms with E-state index in [2.05, 4.69) is 36.4 Å². The van der Waals surface area contributed by atoms with Crippen LogP contribution in [0.15, 0.2) is 60.7 Å². The Kier molecular flexibility index (Phi) is 7.84. The van der Waals surface area contributed by atoms with Gasteiger partial charge in [0.05, 0.1) is 15.9 Å². The highest BCUT2D eigenvalue weighted by molar-refractivity contribution is 14.1. The number of amides is 1. The molecular weight excluding hydrogens is 561 g/mol. The van der Waals surface area contributed by atoms with Crippen molar-refractivity contribution in [2.24, 2.45) is 5.92 Å². The van der Waals surface area contributed by atoms with Crippen LogP contribution in [0.2, 0.25) is 5.02 Å². The van der Waals surface area contributed by atoms with Gasteiger partial charge in [-0.1, -0.05) is 55.8 Å². The molecular formula is C28H27ClINO3. The van der Waals surface area contributed by atoms with Gasteiger partial charge in [-0.25, -0.2) is 0 Å². The molecule has 0 saturated heterocycles. The van der Waals surface area contributed by atoms with E-state index in [4.69, 9.17) is 21.1 Å². The third kappa shape index (κ3) is 5.41. The molecule has 0 bridgehead atoms. The molecule has 0 saturated carbocycles. The van der Waals surface area contributed by atoms with Gasteiger partial charge in [0.1, 0.15) is 6.61 Å². The zero-order valence-corrected chi connectivity index (χ0v) is 22.4. The summed E-state index contributed by atoms with van der Waals surface area (Å²) in [5.41, 5.74) is 4.55. The number of fused-ring (bicyclic) bond motifs is 1. The van der Waals surface area contributed by atoms with Gasteiger partial charge in [0, 0.05) is 22.7 Å². The number of para-hydroxylation sites is 1. The average Bonchev–Trinajstić information content (AvgIpc) is 3.05. The van der Waals surface area contributed by atoms with E-state index < -0.39 is 0 Å². The third-order valence-electron chi connectivity index (χ3n) is 5.45. The standard InChI is InChI=1S/C28H27ClINO3/c1-4-33-26-15-20(14-24(30)27(26)34-17-19-9-11-21(29)12-10-19)13-23-22-7-5-6-8-25(22)31(28(23)32)16-18(2)3/h5-15,18H,4,16-17H2,1-3H3/b23-13-. The van der Waals surface area contributed by atoms with Crippen molar-refractivity contribution in [3.63, 3.8) is 0 Å². The van der Waals surface area contributed by atoms with Crippen molar-refractivity contribution >= 4 is 57.4 Å². The lowest BCUT2D eigenvalue weighted by molar-refractivity contribution is -0.113. The normalized spacial score (nSPS) is 14.1. The molecule has 0 fully saturated rings. The van der Waals surface area contributed by atoms with Crippen molar-refractivity contribution in [3.8, 4) is 11.5 Å².